The van der Waals surface area contributed by atoms with Gasteiger partial charge < -0.3 is 4.74 Å². The van der Waals surface area contributed by atoms with Gasteiger partial charge in [-0.05, 0) is 30.9 Å². The van der Waals surface area contributed by atoms with Crippen LogP contribution in [-0.2, 0) is 19.1 Å². The van der Waals surface area contributed by atoms with Gasteiger partial charge in [0.05, 0.1) is 11.1 Å². The van der Waals surface area contributed by atoms with Crippen molar-refractivity contribution in [3.05, 3.63) is 35.4 Å². The van der Waals surface area contributed by atoms with Crippen LogP contribution in [0.15, 0.2) is 24.3 Å². The topological polar surface area (TPSA) is 101 Å². The first-order valence-electron chi connectivity index (χ1n) is 9.28. The monoisotopic (exact) mass is 386 g/mol. The number of carbonyl (C=O) groups excluding carboxylic acids is 5. The number of hydrogen-bond acceptors (Lipinski definition) is 6. The standard InChI is InChI=1S/C20H22N2O6/c1-12(2)10-15(20(27)28-11-17(24)21-9-5-8-16(21)23)22-18(25)13-6-3-4-7-14(13)19(22)26/h3-4,6-7,12,15H,5,8-11H2,1-2H3/t15-/m1/s1. The van der Waals surface area contributed by atoms with Gasteiger partial charge in [0.2, 0.25) is 5.91 Å². The van der Waals surface area contributed by atoms with Crippen molar-refractivity contribution in [3.63, 3.8) is 0 Å². The van der Waals surface area contributed by atoms with E-state index in [-0.39, 0.29) is 29.4 Å². The van der Waals surface area contributed by atoms with E-state index in [1.165, 1.54) is 12.1 Å². The van der Waals surface area contributed by atoms with Crippen LogP contribution in [-0.4, -0.2) is 58.6 Å². The van der Waals surface area contributed by atoms with Crippen molar-refractivity contribution in [3.8, 4) is 0 Å². The van der Waals surface area contributed by atoms with Crippen molar-refractivity contribution in [2.24, 2.45) is 5.92 Å². The van der Waals surface area contributed by atoms with Crippen LogP contribution < -0.4 is 0 Å². The lowest BCUT2D eigenvalue weighted by molar-refractivity contribution is -0.157. The smallest absolute Gasteiger partial charge is 0.329 e. The molecule has 0 N–H and O–H groups in total. The number of likely N-dealkylation sites (tertiary alicyclic amines) is 1. The molecular weight excluding hydrogens is 364 g/mol. The van der Waals surface area contributed by atoms with Gasteiger partial charge in [-0.3, -0.25) is 29.0 Å². The van der Waals surface area contributed by atoms with Crippen LogP contribution in [0.3, 0.4) is 0 Å². The molecule has 2 heterocycles. The lowest BCUT2D eigenvalue weighted by Crippen LogP contribution is -2.47. The fourth-order valence-corrected chi connectivity index (χ4v) is 3.46. The maximum atomic E-state index is 12.7. The number of rotatable bonds is 6. The molecule has 0 saturated carbocycles. The maximum Gasteiger partial charge on any atom is 0.329 e. The van der Waals surface area contributed by atoms with Gasteiger partial charge in [0, 0.05) is 13.0 Å². The number of ether oxygens (including phenoxy) is 1. The Bertz CT molecular complexity index is 812. The fraction of sp³-hybridized carbons (Fsp3) is 0.450. The third-order valence-corrected chi connectivity index (χ3v) is 4.82. The molecule has 28 heavy (non-hydrogen) atoms. The predicted octanol–water partition coefficient (Wildman–Crippen LogP) is 1.39. The number of esters is 1. The molecule has 1 atom stereocenters. The molecule has 8 heteroatoms. The van der Waals surface area contributed by atoms with E-state index in [9.17, 15) is 24.0 Å². The van der Waals surface area contributed by atoms with Gasteiger partial charge in [-0.2, -0.15) is 0 Å². The average Bonchev–Trinajstić information content (AvgIpc) is 3.20. The summed E-state index contributed by atoms with van der Waals surface area (Å²) in [6, 6.07) is 5.24. The largest absolute Gasteiger partial charge is 0.454 e. The number of benzene rings is 1. The van der Waals surface area contributed by atoms with E-state index >= 15 is 0 Å². The van der Waals surface area contributed by atoms with E-state index in [1.807, 2.05) is 13.8 Å². The molecule has 1 aromatic carbocycles. The Hall–Kier alpha value is -3.03. The Morgan fingerprint density at radius 3 is 2.18 bits per heavy atom. The van der Waals surface area contributed by atoms with E-state index in [0.29, 0.717) is 19.4 Å². The lowest BCUT2D eigenvalue weighted by atomic mass is 10.0. The molecule has 2 aliphatic rings. The third kappa shape index (κ3) is 3.67. The minimum absolute atomic E-state index is 0.00211. The molecule has 3 rings (SSSR count). The highest BCUT2D eigenvalue weighted by Gasteiger charge is 2.43. The van der Waals surface area contributed by atoms with Crippen LogP contribution in [0.2, 0.25) is 0 Å². The second-order valence-corrected chi connectivity index (χ2v) is 7.32. The normalized spacial score (nSPS) is 17.3. The summed E-state index contributed by atoms with van der Waals surface area (Å²) >= 11 is 0. The number of nitrogens with zero attached hydrogens (tertiary/aromatic N) is 2. The highest BCUT2D eigenvalue weighted by atomic mass is 16.5. The molecule has 0 aliphatic carbocycles. The Balaban J connectivity index is 1.74. The first-order chi connectivity index (χ1) is 13.3. The van der Waals surface area contributed by atoms with E-state index in [0.717, 1.165) is 9.80 Å². The molecule has 0 bridgehead atoms. The van der Waals surface area contributed by atoms with Gasteiger partial charge in [0.1, 0.15) is 6.04 Å². The first kappa shape index (κ1) is 19.7. The second kappa shape index (κ2) is 7.92. The van der Waals surface area contributed by atoms with Crippen LogP contribution in [0.1, 0.15) is 53.8 Å². The summed E-state index contributed by atoms with van der Waals surface area (Å²) in [5, 5.41) is 0. The summed E-state index contributed by atoms with van der Waals surface area (Å²) in [5.74, 6) is -2.82. The summed E-state index contributed by atoms with van der Waals surface area (Å²) in [6.45, 7) is 3.42. The zero-order valence-corrected chi connectivity index (χ0v) is 15.8. The predicted molar refractivity (Wildman–Crippen MR) is 97.1 cm³/mol. The van der Waals surface area contributed by atoms with Crippen molar-refractivity contribution in [1.82, 2.24) is 9.80 Å². The average molecular weight is 386 g/mol. The molecule has 1 aromatic rings. The zero-order chi connectivity index (χ0) is 20.4. The first-order valence-corrected chi connectivity index (χ1v) is 9.28. The number of carbonyl (C=O) groups is 5. The van der Waals surface area contributed by atoms with Crippen molar-refractivity contribution < 1.29 is 28.7 Å². The minimum Gasteiger partial charge on any atom is -0.454 e. The molecule has 1 saturated heterocycles. The van der Waals surface area contributed by atoms with Crippen molar-refractivity contribution in [1.29, 1.82) is 0 Å². The molecular formula is C20H22N2O6. The maximum absolute atomic E-state index is 12.7. The molecule has 148 valence electrons. The van der Waals surface area contributed by atoms with Crippen LogP contribution in [0.25, 0.3) is 0 Å². The van der Waals surface area contributed by atoms with Crippen LogP contribution in [0.4, 0.5) is 0 Å². The van der Waals surface area contributed by atoms with Crippen LogP contribution >= 0.6 is 0 Å². The Morgan fingerprint density at radius 1 is 1.07 bits per heavy atom. The fourth-order valence-electron chi connectivity index (χ4n) is 3.46. The molecule has 0 aromatic heterocycles. The summed E-state index contributed by atoms with van der Waals surface area (Å²) in [6.07, 6.45) is 1.09. The summed E-state index contributed by atoms with van der Waals surface area (Å²) < 4.78 is 5.11. The molecule has 0 radical (unpaired) electrons. The molecule has 0 unspecified atom stereocenters. The number of hydrogen-bond donors (Lipinski definition) is 0. The van der Waals surface area contributed by atoms with Crippen molar-refractivity contribution >= 4 is 29.6 Å². The number of amides is 4. The van der Waals surface area contributed by atoms with Crippen molar-refractivity contribution in [2.75, 3.05) is 13.2 Å². The molecule has 8 nitrogen and oxygen atoms in total. The van der Waals surface area contributed by atoms with Gasteiger partial charge in [-0.15, -0.1) is 0 Å². The van der Waals surface area contributed by atoms with E-state index in [4.69, 9.17) is 4.74 Å². The molecule has 2 aliphatic heterocycles. The SMILES string of the molecule is CC(C)C[C@H](C(=O)OCC(=O)N1CCCC1=O)N1C(=O)c2ccccc2C1=O. The third-order valence-electron chi connectivity index (χ3n) is 4.82. The summed E-state index contributed by atoms with van der Waals surface area (Å²) in [4.78, 5) is 63.8. The Labute approximate surface area is 162 Å². The molecule has 0 spiro atoms. The minimum atomic E-state index is -1.13. The van der Waals surface area contributed by atoms with Gasteiger partial charge >= 0.3 is 5.97 Å². The molecule has 4 amide bonds. The van der Waals surface area contributed by atoms with Crippen LogP contribution in [0, 0.1) is 5.92 Å². The van der Waals surface area contributed by atoms with Gasteiger partial charge in [-0.25, -0.2) is 4.79 Å². The van der Waals surface area contributed by atoms with Crippen molar-refractivity contribution in [2.45, 2.75) is 39.2 Å². The second-order valence-electron chi connectivity index (χ2n) is 7.32. The van der Waals surface area contributed by atoms with Gasteiger partial charge in [0.25, 0.3) is 17.7 Å². The Kier molecular flexibility index (Phi) is 5.58. The van der Waals surface area contributed by atoms with Gasteiger partial charge in [0.15, 0.2) is 6.61 Å². The van der Waals surface area contributed by atoms with Gasteiger partial charge in [-0.1, -0.05) is 26.0 Å². The lowest BCUT2D eigenvalue weighted by Gasteiger charge is -2.26. The Morgan fingerprint density at radius 2 is 1.68 bits per heavy atom. The molecule has 1 fully saturated rings. The van der Waals surface area contributed by atoms with Crippen LogP contribution in [0.5, 0.6) is 0 Å². The van der Waals surface area contributed by atoms with E-state index in [1.54, 1.807) is 12.1 Å². The van der Waals surface area contributed by atoms with E-state index < -0.39 is 36.3 Å². The summed E-state index contributed by atoms with van der Waals surface area (Å²) in [7, 11) is 0. The highest BCUT2D eigenvalue weighted by molar-refractivity contribution is 6.22. The quantitative estimate of drug-likeness (QED) is 0.541. The van der Waals surface area contributed by atoms with E-state index in [2.05, 4.69) is 0 Å². The number of imide groups is 2. The highest BCUT2D eigenvalue weighted by Crippen LogP contribution is 2.27. The summed E-state index contributed by atoms with van der Waals surface area (Å²) in [5.41, 5.74) is 0.487. The number of fused-ring (bicyclic) bond motifs is 1. The zero-order valence-electron chi connectivity index (χ0n) is 15.8.